The van der Waals surface area contributed by atoms with Crippen molar-refractivity contribution in [3.05, 3.63) is 18.0 Å². The second-order valence-corrected chi connectivity index (χ2v) is 5.23. The quantitative estimate of drug-likeness (QED) is 0.806. The predicted octanol–water partition coefficient (Wildman–Crippen LogP) is 0.0409. The second-order valence-electron chi connectivity index (χ2n) is 5.23. The zero-order chi connectivity index (χ0) is 13.8. The molecule has 1 fully saturated rings. The summed E-state index contributed by atoms with van der Waals surface area (Å²) in [6.07, 6.45) is 6.23. The Balaban J connectivity index is 1.98. The molecule has 0 radical (unpaired) electrons. The van der Waals surface area contributed by atoms with Crippen molar-refractivity contribution >= 4 is 5.91 Å². The third-order valence-electron chi connectivity index (χ3n) is 3.72. The molecule has 2 rings (SSSR count). The van der Waals surface area contributed by atoms with Crippen LogP contribution in [-0.4, -0.2) is 45.4 Å². The summed E-state index contributed by atoms with van der Waals surface area (Å²) in [6, 6.07) is -0.637. The fourth-order valence-corrected chi connectivity index (χ4v) is 2.62. The summed E-state index contributed by atoms with van der Waals surface area (Å²) in [7, 11) is 1.80. The molecule has 6 heteroatoms. The van der Waals surface area contributed by atoms with Crippen molar-refractivity contribution < 1.29 is 9.90 Å². The molecule has 0 spiro atoms. The molecule has 0 bridgehead atoms. The van der Waals surface area contributed by atoms with Gasteiger partial charge in [0, 0.05) is 38.5 Å². The van der Waals surface area contributed by atoms with Gasteiger partial charge in [-0.05, 0) is 25.2 Å². The monoisotopic (exact) mass is 266 g/mol. The number of likely N-dealkylation sites (tertiary alicyclic amines) is 1. The standard InChI is InChI=1S/C13H22N4O2/c1-16-9-11(7-15-16)12(14)13(19)17-5-2-3-10(8-17)4-6-18/h7,9-10,12,18H,2-6,8,14H2,1H3. The Bertz CT molecular complexity index is 430. The molecular formula is C13H22N4O2. The van der Waals surface area contributed by atoms with Gasteiger partial charge in [0.25, 0.3) is 0 Å². The van der Waals surface area contributed by atoms with Crippen LogP contribution in [0.15, 0.2) is 12.4 Å². The Morgan fingerprint density at radius 2 is 2.47 bits per heavy atom. The zero-order valence-electron chi connectivity index (χ0n) is 11.3. The third kappa shape index (κ3) is 3.33. The number of aromatic nitrogens is 2. The maximum Gasteiger partial charge on any atom is 0.244 e. The fraction of sp³-hybridized carbons (Fsp3) is 0.692. The van der Waals surface area contributed by atoms with E-state index in [0.717, 1.165) is 31.4 Å². The van der Waals surface area contributed by atoms with Gasteiger partial charge >= 0.3 is 0 Å². The van der Waals surface area contributed by atoms with Gasteiger partial charge in [0.2, 0.25) is 5.91 Å². The van der Waals surface area contributed by atoms with E-state index >= 15 is 0 Å². The summed E-state index contributed by atoms with van der Waals surface area (Å²) in [4.78, 5) is 14.2. The molecule has 0 saturated carbocycles. The van der Waals surface area contributed by atoms with Crippen LogP contribution in [0.4, 0.5) is 0 Å². The fourth-order valence-electron chi connectivity index (χ4n) is 2.62. The van der Waals surface area contributed by atoms with Crippen molar-refractivity contribution in [3.8, 4) is 0 Å². The summed E-state index contributed by atoms with van der Waals surface area (Å²) >= 11 is 0. The molecule has 1 saturated heterocycles. The van der Waals surface area contributed by atoms with E-state index in [9.17, 15) is 4.79 Å². The highest BCUT2D eigenvalue weighted by molar-refractivity contribution is 5.83. The summed E-state index contributed by atoms with van der Waals surface area (Å²) in [5.74, 6) is 0.347. The lowest BCUT2D eigenvalue weighted by Crippen LogP contribution is -2.44. The first-order valence-corrected chi connectivity index (χ1v) is 6.75. The predicted molar refractivity (Wildman–Crippen MR) is 71.1 cm³/mol. The van der Waals surface area contributed by atoms with Gasteiger partial charge in [0.1, 0.15) is 6.04 Å². The van der Waals surface area contributed by atoms with Gasteiger partial charge in [-0.15, -0.1) is 0 Å². The molecule has 1 aliphatic heterocycles. The minimum Gasteiger partial charge on any atom is -0.396 e. The Morgan fingerprint density at radius 1 is 1.68 bits per heavy atom. The highest BCUT2D eigenvalue weighted by atomic mass is 16.3. The first kappa shape index (κ1) is 14.0. The summed E-state index contributed by atoms with van der Waals surface area (Å²) in [5, 5.41) is 13.0. The Hall–Kier alpha value is -1.40. The van der Waals surface area contributed by atoms with Crippen molar-refractivity contribution in [1.29, 1.82) is 0 Å². The van der Waals surface area contributed by atoms with Gasteiger partial charge in [0.05, 0.1) is 6.20 Å². The van der Waals surface area contributed by atoms with Crippen LogP contribution in [0.2, 0.25) is 0 Å². The van der Waals surface area contributed by atoms with Crippen LogP contribution in [0.1, 0.15) is 30.9 Å². The van der Waals surface area contributed by atoms with Crippen LogP contribution >= 0.6 is 0 Å². The van der Waals surface area contributed by atoms with Gasteiger partial charge in [0.15, 0.2) is 0 Å². The minimum absolute atomic E-state index is 0.0457. The molecule has 2 heterocycles. The van der Waals surface area contributed by atoms with Crippen molar-refractivity contribution in [1.82, 2.24) is 14.7 Å². The Labute approximate surface area is 113 Å². The number of nitrogens with zero attached hydrogens (tertiary/aromatic N) is 3. The van der Waals surface area contributed by atoms with Gasteiger partial charge < -0.3 is 15.7 Å². The smallest absolute Gasteiger partial charge is 0.244 e. The van der Waals surface area contributed by atoms with Crippen molar-refractivity contribution in [3.63, 3.8) is 0 Å². The lowest BCUT2D eigenvalue weighted by atomic mass is 9.94. The molecule has 0 aliphatic carbocycles. The van der Waals surface area contributed by atoms with E-state index in [0.29, 0.717) is 12.5 Å². The lowest BCUT2D eigenvalue weighted by Gasteiger charge is -2.34. The number of carbonyl (C=O) groups excluding carboxylic acids is 1. The normalized spacial score (nSPS) is 21.4. The highest BCUT2D eigenvalue weighted by Crippen LogP contribution is 2.22. The minimum atomic E-state index is -0.637. The number of nitrogens with two attached hydrogens (primary N) is 1. The number of hydrogen-bond acceptors (Lipinski definition) is 4. The van der Waals surface area contributed by atoms with Crippen molar-refractivity contribution in [2.24, 2.45) is 18.7 Å². The summed E-state index contributed by atoms with van der Waals surface area (Å²) < 4.78 is 1.65. The Morgan fingerprint density at radius 3 is 3.11 bits per heavy atom. The molecule has 1 aromatic heterocycles. The summed E-state index contributed by atoms with van der Waals surface area (Å²) in [5.41, 5.74) is 6.76. The van der Waals surface area contributed by atoms with Gasteiger partial charge in [-0.1, -0.05) is 0 Å². The van der Waals surface area contributed by atoms with E-state index < -0.39 is 6.04 Å². The molecule has 1 amide bonds. The van der Waals surface area contributed by atoms with E-state index in [-0.39, 0.29) is 12.5 Å². The van der Waals surface area contributed by atoms with E-state index in [1.165, 1.54) is 0 Å². The number of aliphatic hydroxyl groups excluding tert-OH is 1. The van der Waals surface area contributed by atoms with Gasteiger partial charge in [-0.2, -0.15) is 5.10 Å². The largest absolute Gasteiger partial charge is 0.396 e. The van der Waals surface area contributed by atoms with Crippen LogP contribution in [0.5, 0.6) is 0 Å². The summed E-state index contributed by atoms with van der Waals surface area (Å²) in [6.45, 7) is 1.64. The molecule has 106 valence electrons. The maximum atomic E-state index is 12.4. The first-order chi connectivity index (χ1) is 9.11. The number of aryl methyl sites for hydroxylation is 1. The first-order valence-electron chi connectivity index (χ1n) is 6.75. The molecule has 1 aromatic rings. The topological polar surface area (TPSA) is 84.4 Å². The maximum absolute atomic E-state index is 12.4. The average Bonchev–Trinajstić information content (AvgIpc) is 2.84. The van der Waals surface area contributed by atoms with Gasteiger partial charge in [-0.3, -0.25) is 9.48 Å². The van der Waals surface area contributed by atoms with Crippen LogP contribution in [0.25, 0.3) is 0 Å². The van der Waals surface area contributed by atoms with E-state index in [2.05, 4.69) is 5.10 Å². The number of rotatable bonds is 4. The van der Waals surface area contributed by atoms with E-state index in [1.807, 2.05) is 4.90 Å². The zero-order valence-corrected chi connectivity index (χ0v) is 11.3. The second kappa shape index (κ2) is 6.16. The third-order valence-corrected chi connectivity index (χ3v) is 3.72. The molecule has 3 N–H and O–H groups in total. The molecule has 19 heavy (non-hydrogen) atoms. The molecule has 6 nitrogen and oxygen atoms in total. The number of carbonyl (C=O) groups is 1. The highest BCUT2D eigenvalue weighted by Gasteiger charge is 2.28. The Kier molecular flexibility index (Phi) is 4.55. The van der Waals surface area contributed by atoms with Crippen LogP contribution in [0, 0.1) is 5.92 Å². The lowest BCUT2D eigenvalue weighted by molar-refractivity contribution is -0.134. The molecule has 1 aliphatic rings. The molecule has 2 unspecified atom stereocenters. The average molecular weight is 266 g/mol. The van der Waals surface area contributed by atoms with E-state index in [4.69, 9.17) is 10.8 Å². The van der Waals surface area contributed by atoms with Crippen LogP contribution in [0.3, 0.4) is 0 Å². The van der Waals surface area contributed by atoms with E-state index in [1.54, 1.807) is 24.1 Å². The van der Waals surface area contributed by atoms with Crippen LogP contribution < -0.4 is 5.73 Å². The molecule has 0 aromatic carbocycles. The number of piperidine rings is 1. The number of amides is 1. The van der Waals surface area contributed by atoms with Crippen LogP contribution in [-0.2, 0) is 11.8 Å². The van der Waals surface area contributed by atoms with Gasteiger partial charge in [-0.25, -0.2) is 0 Å². The molecular weight excluding hydrogens is 244 g/mol. The SMILES string of the molecule is Cn1cc(C(N)C(=O)N2CCCC(CCO)C2)cn1. The number of hydrogen-bond donors (Lipinski definition) is 2. The molecule has 2 atom stereocenters. The van der Waals surface area contributed by atoms with Crippen molar-refractivity contribution in [2.45, 2.75) is 25.3 Å². The van der Waals surface area contributed by atoms with Crippen molar-refractivity contribution in [2.75, 3.05) is 19.7 Å². The number of aliphatic hydroxyl groups is 1.